The zero-order valence-corrected chi connectivity index (χ0v) is 16.0. The number of hydrogen-bond acceptors (Lipinski definition) is 6. The van der Waals surface area contributed by atoms with Gasteiger partial charge in [-0.3, -0.25) is 19.6 Å². The molecular weight excluding hydrogens is 384 g/mol. The minimum atomic E-state index is -0.382. The monoisotopic (exact) mass is 404 g/mol. The number of hydrogen-bond donors (Lipinski definition) is 3. The van der Waals surface area contributed by atoms with E-state index in [0.29, 0.717) is 29.3 Å². The molecule has 1 aliphatic carbocycles. The zero-order chi connectivity index (χ0) is 20.5. The first kappa shape index (κ1) is 18.3. The lowest BCUT2D eigenvalue weighted by Crippen LogP contribution is -2.11. The molecule has 1 saturated carbocycles. The van der Waals surface area contributed by atoms with Gasteiger partial charge >= 0.3 is 0 Å². The lowest BCUT2D eigenvalue weighted by Gasteiger charge is -2.09. The van der Waals surface area contributed by atoms with E-state index in [1.165, 1.54) is 0 Å². The van der Waals surface area contributed by atoms with Crippen LogP contribution in [0.5, 0.6) is 0 Å². The molecule has 0 spiro atoms. The second-order valence-electron chi connectivity index (χ2n) is 7.31. The van der Waals surface area contributed by atoms with Gasteiger partial charge < -0.3 is 14.8 Å². The number of carbonyl (C=O) groups is 1. The van der Waals surface area contributed by atoms with Crippen molar-refractivity contribution in [3.63, 3.8) is 0 Å². The van der Waals surface area contributed by atoms with Gasteiger partial charge in [0.25, 0.3) is 5.91 Å². The van der Waals surface area contributed by atoms with Gasteiger partial charge in [-0.15, -0.1) is 0 Å². The predicted octanol–water partition coefficient (Wildman–Crippen LogP) is 3.27. The summed E-state index contributed by atoms with van der Waals surface area (Å²) >= 11 is 0. The summed E-state index contributed by atoms with van der Waals surface area (Å²) in [5.41, 5.74) is 2.53. The number of aromatic amines is 1. The van der Waals surface area contributed by atoms with E-state index in [0.717, 1.165) is 18.4 Å². The Bertz CT molecular complexity index is 1150. The SMILES string of the molecule is O=C(Nc1cn(C2CCC(O)C2)nc1-c1ccccn1)c1ccc(-c2cn[nH]c2)o1. The van der Waals surface area contributed by atoms with Crippen LogP contribution in [0.25, 0.3) is 22.7 Å². The molecule has 152 valence electrons. The van der Waals surface area contributed by atoms with E-state index in [1.807, 2.05) is 22.9 Å². The maximum atomic E-state index is 12.8. The van der Waals surface area contributed by atoms with Crippen LogP contribution in [0.3, 0.4) is 0 Å². The molecule has 0 saturated heterocycles. The largest absolute Gasteiger partial charge is 0.451 e. The normalized spacial score (nSPS) is 18.6. The Hall–Kier alpha value is -3.72. The highest BCUT2D eigenvalue weighted by Crippen LogP contribution is 2.33. The number of aromatic nitrogens is 5. The Labute approximate surface area is 171 Å². The third-order valence-corrected chi connectivity index (χ3v) is 5.25. The summed E-state index contributed by atoms with van der Waals surface area (Å²) in [5, 5.41) is 24.1. The molecule has 4 aromatic rings. The Morgan fingerprint density at radius 2 is 2.20 bits per heavy atom. The minimum Gasteiger partial charge on any atom is -0.451 e. The van der Waals surface area contributed by atoms with Crippen molar-refractivity contribution in [2.24, 2.45) is 0 Å². The summed E-state index contributed by atoms with van der Waals surface area (Å²) < 4.78 is 7.49. The van der Waals surface area contributed by atoms with Crippen LogP contribution in [0.4, 0.5) is 5.69 Å². The van der Waals surface area contributed by atoms with Crippen molar-refractivity contribution in [3.8, 4) is 22.7 Å². The third-order valence-electron chi connectivity index (χ3n) is 5.25. The van der Waals surface area contributed by atoms with Crippen molar-refractivity contribution in [1.29, 1.82) is 0 Å². The first-order chi connectivity index (χ1) is 14.7. The molecule has 3 N–H and O–H groups in total. The van der Waals surface area contributed by atoms with Gasteiger partial charge in [-0.05, 0) is 43.5 Å². The van der Waals surface area contributed by atoms with Gasteiger partial charge in [-0.25, -0.2) is 0 Å². The number of amides is 1. The van der Waals surface area contributed by atoms with Gasteiger partial charge in [0.15, 0.2) is 5.76 Å². The standard InChI is InChI=1S/C21H20N6O3/c28-15-5-4-14(9-15)27-12-17(20(26-27)16-3-1-2-8-22-16)25-21(29)19-7-6-18(30-19)13-10-23-24-11-13/h1-3,6-8,10-12,14-15,28H,4-5,9H2,(H,23,24)(H,25,29). The van der Waals surface area contributed by atoms with Crippen LogP contribution >= 0.6 is 0 Å². The fourth-order valence-electron chi connectivity index (χ4n) is 3.72. The second kappa shape index (κ2) is 7.60. The summed E-state index contributed by atoms with van der Waals surface area (Å²) in [6.45, 7) is 0. The quantitative estimate of drug-likeness (QED) is 0.469. The van der Waals surface area contributed by atoms with Gasteiger partial charge in [0.2, 0.25) is 0 Å². The average molecular weight is 404 g/mol. The molecule has 1 amide bonds. The molecule has 0 aromatic carbocycles. The number of pyridine rings is 1. The number of anilines is 1. The van der Waals surface area contributed by atoms with Gasteiger partial charge in [-0.1, -0.05) is 6.07 Å². The highest BCUT2D eigenvalue weighted by Gasteiger charge is 2.27. The van der Waals surface area contributed by atoms with Crippen LogP contribution in [0.2, 0.25) is 0 Å². The van der Waals surface area contributed by atoms with Gasteiger partial charge in [0, 0.05) is 18.6 Å². The number of furan rings is 1. The van der Waals surface area contributed by atoms with Crippen molar-refractivity contribution in [2.75, 3.05) is 5.32 Å². The number of rotatable bonds is 5. The van der Waals surface area contributed by atoms with Gasteiger partial charge in [0.05, 0.1) is 35.3 Å². The maximum absolute atomic E-state index is 12.8. The number of nitrogens with zero attached hydrogens (tertiary/aromatic N) is 4. The predicted molar refractivity (Wildman–Crippen MR) is 109 cm³/mol. The number of aliphatic hydroxyl groups is 1. The van der Waals surface area contributed by atoms with Crippen LogP contribution in [0.1, 0.15) is 35.9 Å². The van der Waals surface area contributed by atoms with Crippen molar-refractivity contribution >= 4 is 11.6 Å². The molecule has 2 atom stereocenters. The highest BCUT2D eigenvalue weighted by atomic mass is 16.4. The van der Waals surface area contributed by atoms with E-state index in [1.54, 1.807) is 36.9 Å². The van der Waals surface area contributed by atoms with Gasteiger partial charge in [0.1, 0.15) is 11.5 Å². The molecule has 9 nitrogen and oxygen atoms in total. The van der Waals surface area contributed by atoms with Crippen LogP contribution in [-0.2, 0) is 0 Å². The molecule has 9 heteroatoms. The van der Waals surface area contributed by atoms with Gasteiger partial charge in [-0.2, -0.15) is 10.2 Å². The zero-order valence-electron chi connectivity index (χ0n) is 16.0. The molecular formula is C21H20N6O3. The first-order valence-electron chi connectivity index (χ1n) is 9.76. The van der Waals surface area contributed by atoms with Crippen LogP contribution in [-0.4, -0.2) is 42.1 Å². The average Bonchev–Trinajstić information content (AvgIpc) is 3.54. The van der Waals surface area contributed by atoms with Crippen molar-refractivity contribution in [3.05, 3.63) is 60.9 Å². The molecule has 2 unspecified atom stereocenters. The second-order valence-corrected chi connectivity index (χ2v) is 7.31. The summed E-state index contributed by atoms with van der Waals surface area (Å²) in [7, 11) is 0. The van der Waals surface area contributed by atoms with E-state index < -0.39 is 0 Å². The Morgan fingerprint density at radius 1 is 1.27 bits per heavy atom. The van der Waals surface area contributed by atoms with Crippen LogP contribution in [0.15, 0.2) is 59.5 Å². The van der Waals surface area contributed by atoms with E-state index in [9.17, 15) is 9.90 Å². The highest BCUT2D eigenvalue weighted by molar-refractivity contribution is 6.04. The summed E-state index contributed by atoms with van der Waals surface area (Å²) in [6.07, 6.45) is 8.70. The first-order valence-corrected chi connectivity index (χ1v) is 9.76. The maximum Gasteiger partial charge on any atom is 0.291 e. The molecule has 1 fully saturated rings. The van der Waals surface area contributed by atoms with E-state index in [2.05, 4.69) is 25.6 Å². The molecule has 0 aliphatic heterocycles. The minimum absolute atomic E-state index is 0.0874. The summed E-state index contributed by atoms with van der Waals surface area (Å²) in [5.74, 6) is 0.352. The third kappa shape index (κ3) is 3.50. The smallest absolute Gasteiger partial charge is 0.291 e. The Balaban J connectivity index is 1.44. The number of carbonyl (C=O) groups excluding carboxylic acids is 1. The molecule has 1 aliphatic rings. The molecule has 5 rings (SSSR count). The van der Waals surface area contributed by atoms with Crippen LogP contribution in [0, 0.1) is 0 Å². The van der Waals surface area contributed by atoms with Crippen molar-refractivity contribution in [2.45, 2.75) is 31.4 Å². The lowest BCUT2D eigenvalue weighted by atomic mass is 10.2. The number of aliphatic hydroxyl groups excluding tert-OH is 1. The van der Waals surface area contributed by atoms with Crippen molar-refractivity contribution < 1.29 is 14.3 Å². The summed E-state index contributed by atoms with van der Waals surface area (Å²) in [6, 6.07) is 8.97. The van der Waals surface area contributed by atoms with Crippen LogP contribution < -0.4 is 5.32 Å². The van der Waals surface area contributed by atoms with E-state index >= 15 is 0 Å². The van der Waals surface area contributed by atoms with E-state index in [4.69, 9.17) is 4.42 Å². The van der Waals surface area contributed by atoms with Crippen molar-refractivity contribution in [1.82, 2.24) is 25.0 Å². The Kier molecular flexibility index (Phi) is 4.64. The molecule has 0 radical (unpaired) electrons. The fourth-order valence-corrected chi connectivity index (χ4v) is 3.72. The van der Waals surface area contributed by atoms with E-state index in [-0.39, 0.29) is 23.8 Å². The molecule has 4 aromatic heterocycles. The number of nitrogens with one attached hydrogen (secondary N) is 2. The lowest BCUT2D eigenvalue weighted by molar-refractivity contribution is 0.0997. The fraction of sp³-hybridized carbons (Fsp3) is 0.238. The topological polar surface area (TPSA) is 122 Å². The summed E-state index contributed by atoms with van der Waals surface area (Å²) in [4.78, 5) is 17.2. The molecule has 30 heavy (non-hydrogen) atoms. The molecule has 4 heterocycles. The number of H-pyrrole nitrogens is 1. The molecule has 0 bridgehead atoms. The Morgan fingerprint density at radius 3 is 2.93 bits per heavy atom.